The van der Waals surface area contributed by atoms with Gasteiger partial charge in [0.25, 0.3) is 5.69 Å². The van der Waals surface area contributed by atoms with Crippen LogP contribution in [-0.4, -0.2) is 20.6 Å². The lowest BCUT2D eigenvalue weighted by atomic mass is 10.2. The molecule has 0 saturated carbocycles. The molecule has 0 atom stereocenters. The largest absolute Gasteiger partial charge is 0.369 e. The van der Waals surface area contributed by atoms with Crippen molar-refractivity contribution in [3.63, 3.8) is 0 Å². The Morgan fingerprint density at radius 1 is 1.45 bits per heavy atom. The Kier molecular flexibility index (Phi) is 3.77. The van der Waals surface area contributed by atoms with Crippen molar-refractivity contribution >= 4 is 11.6 Å². The van der Waals surface area contributed by atoms with Gasteiger partial charge in [0.15, 0.2) is 0 Å². The molecule has 1 heterocycles. The third kappa shape index (κ3) is 3.00. The van der Waals surface area contributed by atoms with Crippen molar-refractivity contribution < 1.29 is 9.72 Å². The predicted octanol–water partition coefficient (Wildman–Crippen LogP) is 1.01. The number of nitrogens with two attached hydrogens (primary N) is 1. The fraction of sp³-hybridized carbons (Fsp3) is 0.0769. The van der Waals surface area contributed by atoms with Crippen LogP contribution in [0.2, 0.25) is 0 Å². The van der Waals surface area contributed by atoms with Crippen molar-refractivity contribution in [2.45, 2.75) is 6.42 Å². The lowest BCUT2D eigenvalue weighted by Gasteiger charge is -2.01. The standard InChI is InChI=1S/C13H10N4O3/c14-13(18)7-3-4-10-8-15-16(9-10)11-5-1-2-6-12(11)17(19)20/h1-2,5-6,8-9H,7H2,(H2,14,18). The molecule has 7 nitrogen and oxygen atoms in total. The van der Waals surface area contributed by atoms with E-state index in [1.807, 2.05) is 0 Å². The molecule has 2 rings (SSSR count). The Labute approximate surface area is 114 Å². The molecular weight excluding hydrogens is 260 g/mol. The summed E-state index contributed by atoms with van der Waals surface area (Å²) in [6.45, 7) is 0. The zero-order valence-corrected chi connectivity index (χ0v) is 10.3. The zero-order chi connectivity index (χ0) is 14.5. The van der Waals surface area contributed by atoms with Crippen molar-refractivity contribution in [3.8, 4) is 17.5 Å². The number of hydrogen-bond acceptors (Lipinski definition) is 4. The van der Waals surface area contributed by atoms with Crippen molar-refractivity contribution in [2.75, 3.05) is 0 Å². The number of nitrogens with zero attached hydrogens (tertiary/aromatic N) is 3. The maximum Gasteiger partial charge on any atom is 0.294 e. The Bertz CT molecular complexity index is 724. The van der Waals surface area contributed by atoms with E-state index in [0.29, 0.717) is 11.3 Å². The molecule has 0 spiro atoms. The minimum Gasteiger partial charge on any atom is -0.369 e. The summed E-state index contributed by atoms with van der Waals surface area (Å²) in [5, 5.41) is 15.0. The number of amides is 1. The van der Waals surface area contributed by atoms with Gasteiger partial charge in [0, 0.05) is 12.3 Å². The average Bonchev–Trinajstić information content (AvgIpc) is 2.87. The zero-order valence-electron chi connectivity index (χ0n) is 10.3. The number of hydrogen-bond donors (Lipinski definition) is 1. The van der Waals surface area contributed by atoms with Gasteiger partial charge in [-0.1, -0.05) is 24.0 Å². The van der Waals surface area contributed by atoms with Crippen LogP contribution in [0.5, 0.6) is 0 Å². The van der Waals surface area contributed by atoms with E-state index >= 15 is 0 Å². The Morgan fingerprint density at radius 3 is 2.90 bits per heavy atom. The van der Waals surface area contributed by atoms with Crippen molar-refractivity contribution in [1.29, 1.82) is 0 Å². The highest BCUT2D eigenvalue weighted by Crippen LogP contribution is 2.21. The molecule has 0 fully saturated rings. The number of para-hydroxylation sites is 2. The van der Waals surface area contributed by atoms with E-state index in [1.165, 1.54) is 16.9 Å². The number of aromatic nitrogens is 2. The van der Waals surface area contributed by atoms with Crippen LogP contribution in [0.3, 0.4) is 0 Å². The normalized spacial score (nSPS) is 9.60. The Balaban J connectivity index is 2.31. The number of carbonyl (C=O) groups is 1. The lowest BCUT2D eigenvalue weighted by Crippen LogP contribution is -2.08. The molecule has 0 aliphatic rings. The molecule has 20 heavy (non-hydrogen) atoms. The third-order valence-electron chi connectivity index (χ3n) is 2.40. The molecule has 2 aromatic rings. The van der Waals surface area contributed by atoms with Crippen LogP contribution in [-0.2, 0) is 4.79 Å². The minimum absolute atomic E-state index is 0.0450. The number of benzene rings is 1. The van der Waals surface area contributed by atoms with Gasteiger partial charge in [-0.15, -0.1) is 0 Å². The number of nitro groups is 1. The van der Waals surface area contributed by atoms with Crippen LogP contribution >= 0.6 is 0 Å². The van der Waals surface area contributed by atoms with E-state index in [-0.39, 0.29) is 12.1 Å². The number of carbonyl (C=O) groups excluding carboxylic acids is 1. The molecule has 1 amide bonds. The number of rotatable bonds is 3. The molecule has 100 valence electrons. The third-order valence-corrected chi connectivity index (χ3v) is 2.40. The first-order chi connectivity index (χ1) is 9.58. The van der Waals surface area contributed by atoms with Gasteiger partial charge in [0.1, 0.15) is 5.69 Å². The highest BCUT2D eigenvalue weighted by molar-refractivity contribution is 5.76. The first-order valence-corrected chi connectivity index (χ1v) is 5.63. The van der Waals surface area contributed by atoms with Gasteiger partial charge in [-0.2, -0.15) is 5.10 Å². The van der Waals surface area contributed by atoms with Crippen LogP contribution in [0, 0.1) is 22.0 Å². The molecule has 0 unspecified atom stereocenters. The minimum atomic E-state index is -0.511. The van der Waals surface area contributed by atoms with E-state index < -0.39 is 10.8 Å². The van der Waals surface area contributed by atoms with E-state index in [4.69, 9.17) is 5.73 Å². The lowest BCUT2D eigenvalue weighted by molar-refractivity contribution is -0.384. The smallest absolute Gasteiger partial charge is 0.294 e. The summed E-state index contributed by atoms with van der Waals surface area (Å²) in [6, 6.07) is 6.25. The maximum atomic E-state index is 10.9. The van der Waals surface area contributed by atoms with Gasteiger partial charge < -0.3 is 5.73 Å². The average molecular weight is 270 g/mol. The van der Waals surface area contributed by atoms with Crippen molar-refractivity contribution in [2.24, 2.45) is 5.73 Å². The van der Waals surface area contributed by atoms with Gasteiger partial charge in [-0.3, -0.25) is 14.9 Å². The van der Waals surface area contributed by atoms with Gasteiger partial charge in [-0.05, 0) is 6.07 Å². The number of nitro benzene ring substituents is 1. The summed E-state index contributed by atoms with van der Waals surface area (Å²) < 4.78 is 1.37. The quantitative estimate of drug-likeness (QED) is 0.510. The second kappa shape index (κ2) is 5.67. The van der Waals surface area contributed by atoms with Crippen LogP contribution in [0.4, 0.5) is 5.69 Å². The number of primary amides is 1. The van der Waals surface area contributed by atoms with E-state index in [1.54, 1.807) is 24.4 Å². The molecular formula is C13H10N4O3. The molecule has 1 aromatic carbocycles. The molecule has 0 bridgehead atoms. The SMILES string of the molecule is NC(=O)CC#Cc1cnn(-c2ccccc2[N+](=O)[O-])c1. The second-order valence-corrected chi connectivity index (χ2v) is 3.86. The Morgan fingerprint density at radius 2 is 2.20 bits per heavy atom. The van der Waals surface area contributed by atoms with Crippen molar-refractivity contribution in [3.05, 3.63) is 52.3 Å². The van der Waals surface area contributed by atoms with E-state index in [0.717, 1.165) is 0 Å². The molecule has 0 radical (unpaired) electrons. The molecule has 0 aliphatic carbocycles. The predicted molar refractivity (Wildman–Crippen MR) is 70.9 cm³/mol. The Hall–Kier alpha value is -3.14. The maximum absolute atomic E-state index is 10.9. The molecule has 0 saturated heterocycles. The fourth-order valence-electron chi connectivity index (χ4n) is 1.56. The van der Waals surface area contributed by atoms with Gasteiger partial charge in [-0.25, -0.2) is 4.68 Å². The molecule has 0 aliphatic heterocycles. The topological polar surface area (TPSA) is 104 Å². The fourth-order valence-corrected chi connectivity index (χ4v) is 1.56. The first kappa shape index (κ1) is 13.3. The van der Waals surface area contributed by atoms with Gasteiger partial charge in [0.2, 0.25) is 5.91 Å². The summed E-state index contributed by atoms with van der Waals surface area (Å²) >= 11 is 0. The summed E-state index contributed by atoms with van der Waals surface area (Å²) in [5.74, 6) is 4.79. The molecule has 7 heteroatoms. The summed E-state index contributed by atoms with van der Waals surface area (Å²) in [7, 11) is 0. The second-order valence-electron chi connectivity index (χ2n) is 3.86. The molecule has 2 N–H and O–H groups in total. The van der Waals surface area contributed by atoms with Crippen LogP contribution < -0.4 is 5.73 Å². The first-order valence-electron chi connectivity index (χ1n) is 5.63. The van der Waals surface area contributed by atoms with Crippen molar-refractivity contribution in [1.82, 2.24) is 9.78 Å². The van der Waals surface area contributed by atoms with Gasteiger partial charge in [0.05, 0.1) is 23.1 Å². The monoisotopic (exact) mass is 270 g/mol. The van der Waals surface area contributed by atoms with E-state index in [2.05, 4.69) is 16.9 Å². The summed E-state index contributed by atoms with van der Waals surface area (Å²) in [4.78, 5) is 21.0. The van der Waals surface area contributed by atoms with Crippen LogP contribution in [0.1, 0.15) is 12.0 Å². The summed E-state index contributed by atoms with van der Waals surface area (Å²) in [5.41, 5.74) is 5.81. The summed E-state index contributed by atoms with van der Waals surface area (Å²) in [6.07, 6.45) is 2.97. The molecule has 1 aromatic heterocycles. The van der Waals surface area contributed by atoms with Crippen LogP contribution in [0.15, 0.2) is 36.7 Å². The van der Waals surface area contributed by atoms with E-state index in [9.17, 15) is 14.9 Å². The van der Waals surface area contributed by atoms with Gasteiger partial charge >= 0.3 is 0 Å². The van der Waals surface area contributed by atoms with Crippen LogP contribution in [0.25, 0.3) is 5.69 Å². The highest BCUT2D eigenvalue weighted by atomic mass is 16.6. The highest BCUT2D eigenvalue weighted by Gasteiger charge is 2.14.